The quantitative estimate of drug-likeness (QED) is 0.443. The standard InChI is InChI=1S/C19H37N5O3S/c1-20-19(24-11-7-17(16-24)15-23-9-3-4-10-23)21-8-13-28(25,26)22-14-18-6-2-5-12-27-18/h17-18,22H,2-16H2,1H3,(H,20,21). The third kappa shape index (κ3) is 6.86. The molecule has 0 aromatic carbocycles. The molecule has 28 heavy (non-hydrogen) atoms. The number of sulfonamides is 1. The van der Waals surface area contributed by atoms with Gasteiger partial charge in [-0.3, -0.25) is 4.99 Å². The molecule has 0 aromatic rings. The Hall–Kier alpha value is -0.900. The predicted molar refractivity (Wildman–Crippen MR) is 112 cm³/mol. The highest BCUT2D eigenvalue weighted by molar-refractivity contribution is 7.89. The highest BCUT2D eigenvalue weighted by Gasteiger charge is 2.27. The number of guanidine groups is 1. The van der Waals surface area contributed by atoms with Crippen molar-refractivity contribution in [2.75, 3.05) is 65.2 Å². The first-order chi connectivity index (χ1) is 13.6. The highest BCUT2D eigenvalue weighted by atomic mass is 32.2. The fraction of sp³-hybridized carbons (Fsp3) is 0.947. The van der Waals surface area contributed by atoms with E-state index in [0.29, 0.717) is 19.0 Å². The molecule has 0 saturated carbocycles. The van der Waals surface area contributed by atoms with Crippen LogP contribution in [-0.2, 0) is 14.8 Å². The summed E-state index contributed by atoms with van der Waals surface area (Å²) in [6.07, 6.45) is 6.96. The lowest BCUT2D eigenvalue weighted by atomic mass is 10.1. The van der Waals surface area contributed by atoms with Gasteiger partial charge < -0.3 is 19.9 Å². The normalized spacial score (nSPS) is 27.5. The minimum Gasteiger partial charge on any atom is -0.377 e. The predicted octanol–water partition coefficient (Wildman–Crippen LogP) is 0.468. The third-order valence-corrected chi connectivity index (χ3v) is 7.32. The molecule has 0 aliphatic carbocycles. The number of aliphatic imine (C=N–C) groups is 1. The Morgan fingerprint density at radius 2 is 1.96 bits per heavy atom. The van der Waals surface area contributed by atoms with Crippen molar-refractivity contribution in [1.82, 2.24) is 19.8 Å². The van der Waals surface area contributed by atoms with Crippen LogP contribution in [0, 0.1) is 5.92 Å². The lowest BCUT2D eigenvalue weighted by Gasteiger charge is -2.24. The Kier molecular flexibility index (Phi) is 8.37. The van der Waals surface area contributed by atoms with Crippen molar-refractivity contribution in [3.05, 3.63) is 0 Å². The largest absolute Gasteiger partial charge is 0.377 e. The Morgan fingerprint density at radius 1 is 1.14 bits per heavy atom. The van der Waals surface area contributed by atoms with Crippen LogP contribution >= 0.6 is 0 Å². The third-order valence-electron chi connectivity index (χ3n) is 5.97. The van der Waals surface area contributed by atoms with E-state index in [1.165, 1.54) is 38.9 Å². The smallest absolute Gasteiger partial charge is 0.213 e. The first kappa shape index (κ1) is 21.8. The first-order valence-electron chi connectivity index (χ1n) is 10.8. The summed E-state index contributed by atoms with van der Waals surface area (Å²) >= 11 is 0. The Morgan fingerprint density at radius 3 is 2.68 bits per heavy atom. The van der Waals surface area contributed by atoms with Crippen LogP contribution in [0.15, 0.2) is 4.99 Å². The van der Waals surface area contributed by atoms with Crippen LogP contribution in [0.2, 0.25) is 0 Å². The summed E-state index contributed by atoms with van der Waals surface area (Å²) in [5.74, 6) is 1.54. The van der Waals surface area contributed by atoms with E-state index in [2.05, 4.69) is 24.8 Å². The zero-order valence-corrected chi connectivity index (χ0v) is 18.1. The van der Waals surface area contributed by atoms with E-state index in [1.807, 2.05) is 0 Å². The van der Waals surface area contributed by atoms with Crippen LogP contribution in [0.25, 0.3) is 0 Å². The molecule has 8 nitrogen and oxygen atoms in total. The molecule has 0 aromatic heterocycles. The second-order valence-electron chi connectivity index (χ2n) is 8.24. The van der Waals surface area contributed by atoms with Gasteiger partial charge in [-0.25, -0.2) is 13.1 Å². The van der Waals surface area contributed by atoms with E-state index < -0.39 is 10.0 Å². The van der Waals surface area contributed by atoms with Gasteiger partial charge in [0.05, 0.1) is 11.9 Å². The van der Waals surface area contributed by atoms with Crippen LogP contribution in [-0.4, -0.2) is 95.5 Å². The molecule has 3 aliphatic rings. The van der Waals surface area contributed by atoms with Crippen LogP contribution < -0.4 is 10.0 Å². The van der Waals surface area contributed by atoms with Crippen molar-refractivity contribution in [1.29, 1.82) is 0 Å². The Labute approximate surface area is 170 Å². The first-order valence-corrected chi connectivity index (χ1v) is 12.5. The molecule has 3 fully saturated rings. The summed E-state index contributed by atoms with van der Waals surface area (Å²) in [5, 5.41) is 3.23. The molecule has 3 rings (SSSR count). The maximum Gasteiger partial charge on any atom is 0.213 e. The molecule has 162 valence electrons. The molecule has 9 heteroatoms. The van der Waals surface area contributed by atoms with E-state index in [1.54, 1.807) is 7.05 Å². The van der Waals surface area contributed by atoms with Crippen molar-refractivity contribution in [2.24, 2.45) is 10.9 Å². The molecule has 3 saturated heterocycles. The summed E-state index contributed by atoms with van der Waals surface area (Å²) in [5.41, 5.74) is 0. The molecule has 2 atom stereocenters. The Bertz CT molecular complexity index is 601. The summed E-state index contributed by atoms with van der Waals surface area (Å²) in [6.45, 7) is 7.11. The summed E-state index contributed by atoms with van der Waals surface area (Å²) in [7, 11) is -1.54. The van der Waals surface area contributed by atoms with Gasteiger partial charge in [-0.1, -0.05) is 0 Å². The number of hydrogen-bond acceptors (Lipinski definition) is 5. The minimum absolute atomic E-state index is 0.0152. The van der Waals surface area contributed by atoms with Crippen molar-refractivity contribution < 1.29 is 13.2 Å². The number of hydrogen-bond donors (Lipinski definition) is 2. The molecule has 0 spiro atoms. The van der Waals surface area contributed by atoms with Crippen LogP contribution in [0.1, 0.15) is 38.5 Å². The van der Waals surface area contributed by atoms with E-state index in [0.717, 1.165) is 44.9 Å². The Balaban J connectivity index is 1.35. The topological polar surface area (TPSA) is 86.3 Å². The molecule has 2 N–H and O–H groups in total. The second-order valence-corrected chi connectivity index (χ2v) is 10.2. The molecule has 0 bridgehead atoms. The monoisotopic (exact) mass is 415 g/mol. The van der Waals surface area contributed by atoms with Crippen LogP contribution in [0.4, 0.5) is 0 Å². The molecular weight excluding hydrogens is 378 g/mol. The van der Waals surface area contributed by atoms with Crippen molar-refractivity contribution >= 4 is 16.0 Å². The van der Waals surface area contributed by atoms with Gasteiger partial charge in [0, 0.05) is 46.4 Å². The molecular formula is C19H37N5O3S. The number of nitrogens with zero attached hydrogens (tertiary/aromatic N) is 3. The lowest BCUT2D eigenvalue weighted by molar-refractivity contribution is 0.0200. The second kappa shape index (κ2) is 10.8. The molecule has 0 amide bonds. The average Bonchev–Trinajstić information content (AvgIpc) is 3.37. The van der Waals surface area contributed by atoms with Crippen LogP contribution in [0.5, 0.6) is 0 Å². The number of likely N-dealkylation sites (tertiary alicyclic amines) is 2. The maximum atomic E-state index is 12.2. The van der Waals surface area contributed by atoms with Gasteiger partial charge in [0.15, 0.2) is 5.96 Å². The fourth-order valence-corrected chi connectivity index (χ4v) is 5.35. The average molecular weight is 416 g/mol. The number of ether oxygens (including phenoxy) is 1. The zero-order chi connectivity index (χ0) is 19.8. The number of nitrogens with one attached hydrogen (secondary N) is 2. The van der Waals surface area contributed by atoms with E-state index in [9.17, 15) is 8.42 Å². The molecule has 2 unspecified atom stereocenters. The zero-order valence-electron chi connectivity index (χ0n) is 17.2. The molecule has 3 heterocycles. The van der Waals surface area contributed by atoms with Gasteiger partial charge >= 0.3 is 0 Å². The summed E-state index contributed by atoms with van der Waals surface area (Å²) < 4.78 is 32.8. The van der Waals surface area contributed by atoms with Gasteiger partial charge in [0.2, 0.25) is 10.0 Å². The molecule has 0 radical (unpaired) electrons. The van der Waals surface area contributed by atoms with E-state index >= 15 is 0 Å². The SMILES string of the molecule is CN=C(NCCS(=O)(=O)NCC1CCCCO1)N1CCC(CN2CCCC2)C1. The van der Waals surface area contributed by atoms with Gasteiger partial charge in [-0.05, 0) is 57.5 Å². The van der Waals surface area contributed by atoms with Gasteiger partial charge in [0.25, 0.3) is 0 Å². The number of rotatable bonds is 8. The summed E-state index contributed by atoms with van der Waals surface area (Å²) in [4.78, 5) is 9.19. The lowest BCUT2D eigenvalue weighted by Crippen LogP contribution is -2.44. The summed E-state index contributed by atoms with van der Waals surface area (Å²) in [6, 6.07) is 0. The maximum absolute atomic E-state index is 12.2. The van der Waals surface area contributed by atoms with E-state index in [-0.39, 0.29) is 11.9 Å². The van der Waals surface area contributed by atoms with Crippen molar-refractivity contribution in [3.8, 4) is 0 Å². The van der Waals surface area contributed by atoms with Gasteiger partial charge in [-0.2, -0.15) is 0 Å². The van der Waals surface area contributed by atoms with E-state index in [4.69, 9.17) is 4.74 Å². The minimum atomic E-state index is -3.31. The highest BCUT2D eigenvalue weighted by Crippen LogP contribution is 2.20. The van der Waals surface area contributed by atoms with Gasteiger partial charge in [0.1, 0.15) is 0 Å². The van der Waals surface area contributed by atoms with Crippen LogP contribution in [0.3, 0.4) is 0 Å². The van der Waals surface area contributed by atoms with Gasteiger partial charge in [-0.15, -0.1) is 0 Å². The molecule has 3 aliphatic heterocycles. The van der Waals surface area contributed by atoms with Crippen molar-refractivity contribution in [3.63, 3.8) is 0 Å². The fourth-order valence-electron chi connectivity index (χ4n) is 4.39. The van der Waals surface area contributed by atoms with Crippen molar-refractivity contribution in [2.45, 2.75) is 44.6 Å².